The number of methoxy groups -OCH3 is 1. The van der Waals surface area contributed by atoms with Gasteiger partial charge >= 0.3 is 0 Å². The molecule has 128 valence electrons. The number of aromatic nitrogens is 1. The van der Waals surface area contributed by atoms with Crippen molar-refractivity contribution in [2.45, 2.75) is 39.5 Å². The summed E-state index contributed by atoms with van der Waals surface area (Å²) in [5, 5.41) is 10.4. The van der Waals surface area contributed by atoms with E-state index in [-0.39, 0.29) is 6.61 Å². The molecule has 1 aromatic heterocycles. The molecular formula is C20H25NO2S. The van der Waals surface area contributed by atoms with Gasteiger partial charge in [-0.2, -0.15) is 0 Å². The summed E-state index contributed by atoms with van der Waals surface area (Å²) >= 11 is 1.74. The van der Waals surface area contributed by atoms with Crippen LogP contribution in [0.1, 0.15) is 46.5 Å². The standard InChI is InChI=1S/C20H25NO2S/c1-12-9-16-10-17(23-4)6-5-15(16)11-18(12)13(2)20-21-14(3)19(24-20)7-8-22/h5-6,10-13,22H,7-9H2,1-4H3. The number of rotatable bonds is 5. The molecule has 1 heterocycles. The number of aliphatic hydroxyl groups excluding tert-OH is 1. The highest BCUT2D eigenvalue weighted by atomic mass is 32.1. The van der Waals surface area contributed by atoms with Crippen molar-refractivity contribution in [3.8, 4) is 5.75 Å². The molecule has 0 spiro atoms. The minimum absolute atomic E-state index is 0.186. The zero-order valence-electron chi connectivity index (χ0n) is 14.8. The van der Waals surface area contributed by atoms with E-state index >= 15 is 0 Å². The monoisotopic (exact) mass is 343 g/mol. The van der Waals surface area contributed by atoms with Crippen LogP contribution in [0.5, 0.6) is 5.75 Å². The van der Waals surface area contributed by atoms with Crippen molar-refractivity contribution in [1.82, 2.24) is 4.98 Å². The first-order valence-corrected chi connectivity index (χ1v) is 9.30. The van der Waals surface area contributed by atoms with Crippen LogP contribution in [0.2, 0.25) is 0 Å². The molecule has 1 N–H and O–H groups in total. The number of aliphatic hydroxyl groups is 1. The maximum Gasteiger partial charge on any atom is 0.119 e. The third-order valence-corrected chi connectivity index (χ3v) is 6.29. The van der Waals surface area contributed by atoms with Gasteiger partial charge in [0.1, 0.15) is 5.75 Å². The quantitative estimate of drug-likeness (QED) is 0.876. The molecule has 0 radical (unpaired) electrons. The van der Waals surface area contributed by atoms with Crippen molar-refractivity contribution >= 4 is 17.4 Å². The average molecular weight is 343 g/mol. The van der Waals surface area contributed by atoms with E-state index < -0.39 is 0 Å². The number of benzene rings is 1. The smallest absolute Gasteiger partial charge is 0.119 e. The summed E-state index contributed by atoms with van der Waals surface area (Å²) in [4.78, 5) is 5.97. The van der Waals surface area contributed by atoms with Crippen molar-refractivity contribution in [2.75, 3.05) is 13.7 Å². The second kappa shape index (κ2) is 7.08. The largest absolute Gasteiger partial charge is 0.497 e. The molecule has 0 amide bonds. The Hall–Kier alpha value is -1.65. The molecule has 2 atom stereocenters. The van der Waals surface area contributed by atoms with Crippen LogP contribution in [0.25, 0.3) is 6.08 Å². The number of nitrogens with zero attached hydrogens (tertiary/aromatic N) is 1. The molecule has 4 heteroatoms. The van der Waals surface area contributed by atoms with Gasteiger partial charge in [-0.25, -0.2) is 4.98 Å². The van der Waals surface area contributed by atoms with Gasteiger partial charge in [0.25, 0.3) is 0 Å². The lowest BCUT2D eigenvalue weighted by Gasteiger charge is -2.27. The molecule has 3 nitrogen and oxygen atoms in total. The SMILES string of the molecule is COc1ccc2c(c1)CC(C)C(C(C)c1nc(C)c(CCO)s1)=C2. The van der Waals surface area contributed by atoms with Gasteiger partial charge in [0.05, 0.1) is 17.8 Å². The summed E-state index contributed by atoms with van der Waals surface area (Å²) in [7, 11) is 1.71. The van der Waals surface area contributed by atoms with E-state index in [2.05, 4.69) is 32.1 Å². The topological polar surface area (TPSA) is 42.4 Å². The molecule has 0 saturated heterocycles. The van der Waals surface area contributed by atoms with Crippen LogP contribution in [-0.2, 0) is 12.8 Å². The van der Waals surface area contributed by atoms with Gasteiger partial charge in [-0.1, -0.05) is 31.6 Å². The zero-order chi connectivity index (χ0) is 17.3. The molecule has 2 unspecified atom stereocenters. The molecule has 24 heavy (non-hydrogen) atoms. The summed E-state index contributed by atoms with van der Waals surface area (Å²) in [6, 6.07) is 6.33. The van der Waals surface area contributed by atoms with E-state index in [1.54, 1.807) is 18.4 Å². The lowest BCUT2D eigenvalue weighted by Crippen LogP contribution is -2.14. The summed E-state index contributed by atoms with van der Waals surface area (Å²) in [6.45, 7) is 6.76. The number of aryl methyl sites for hydroxylation is 1. The first-order chi connectivity index (χ1) is 11.5. The molecule has 3 rings (SSSR count). The van der Waals surface area contributed by atoms with Crippen LogP contribution in [0.3, 0.4) is 0 Å². The number of hydrogen-bond donors (Lipinski definition) is 1. The summed E-state index contributed by atoms with van der Waals surface area (Å²) in [5.74, 6) is 1.73. The van der Waals surface area contributed by atoms with Gasteiger partial charge in [0, 0.05) is 23.8 Å². The Morgan fingerprint density at radius 1 is 1.42 bits per heavy atom. The van der Waals surface area contributed by atoms with Crippen LogP contribution in [0, 0.1) is 12.8 Å². The highest BCUT2D eigenvalue weighted by Gasteiger charge is 2.25. The van der Waals surface area contributed by atoms with E-state index in [0.717, 1.165) is 22.9 Å². The minimum atomic E-state index is 0.186. The van der Waals surface area contributed by atoms with Crippen molar-refractivity contribution in [3.05, 3.63) is 50.5 Å². The van der Waals surface area contributed by atoms with Gasteiger partial charge in [-0.15, -0.1) is 11.3 Å². The summed E-state index contributed by atoms with van der Waals surface area (Å²) < 4.78 is 5.35. The van der Waals surface area contributed by atoms with Gasteiger partial charge in [-0.3, -0.25) is 0 Å². The Balaban J connectivity index is 1.92. The normalized spacial score (nSPS) is 18.0. The van der Waals surface area contributed by atoms with Gasteiger partial charge in [-0.05, 0) is 42.5 Å². The number of allylic oxidation sites excluding steroid dienone is 1. The van der Waals surface area contributed by atoms with Gasteiger partial charge in [0.2, 0.25) is 0 Å². The van der Waals surface area contributed by atoms with Gasteiger partial charge < -0.3 is 9.84 Å². The molecule has 1 aliphatic carbocycles. The van der Waals surface area contributed by atoms with E-state index in [4.69, 9.17) is 9.72 Å². The van der Waals surface area contributed by atoms with Gasteiger partial charge in [0.15, 0.2) is 0 Å². The Kier molecular flexibility index (Phi) is 5.07. The Morgan fingerprint density at radius 3 is 2.92 bits per heavy atom. The lowest BCUT2D eigenvalue weighted by atomic mass is 9.79. The van der Waals surface area contributed by atoms with Crippen LogP contribution < -0.4 is 4.74 Å². The maximum atomic E-state index is 9.19. The fourth-order valence-electron chi connectivity index (χ4n) is 3.46. The average Bonchev–Trinajstić information content (AvgIpc) is 2.94. The fraction of sp³-hybridized carbons (Fsp3) is 0.450. The molecule has 0 saturated carbocycles. The molecule has 0 fully saturated rings. The number of fused-ring (bicyclic) bond motifs is 1. The van der Waals surface area contributed by atoms with Crippen LogP contribution in [0.15, 0.2) is 23.8 Å². The van der Waals surface area contributed by atoms with Crippen LogP contribution in [-0.4, -0.2) is 23.8 Å². The Morgan fingerprint density at radius 2 is 2.21 bits per heavy atom. The van der Waals surface area contributed by atoms with Crippen molar-refractivity contribution in [2.24, 2.45) is 5.92 Å². The summed E-state index contributed by atoms with van der Waals surface area (Å²) in [6.07, 6.45) is 4.07. The van der Waals surface area contributed by atoms with Crippen molar-refractivity contribution in [1.29, 1.82) is 0 Å². The molecule has 0 bridgehead atoms. The van der Waals surface area contributed by atoms with Crippen molar-refractivity contribution in [3.63, 3.8) is 0 Å². The van der Waals surface area contributed by atoms with Crippen LogP contribution in [0.4, 0.5) is 0 Å². The van der Waals surface area contributed by atoms with E-state index in [0.29, 0.717) is 18.3 Å². The van der Waals surface area contributed by atoms with E-state index in [1.807, 2.05) is 13.0 Å². The number of ether oxygens (including phenoxy) is 1. The Bertz CT molecular complexity index is 763. The zero-order valence-corrected chi connectivity index (χ0v) is 15.6. The first-order valence-electron chi connectivity index (χ1n) is 8.49. The number of hydrogen-bond acceptors (Lipinski definition) is 4. The van der Waals surface area contributed by atoms with Crippen molar-refractivity contribution < 1.29 is 9.84 Å². The number of thiazole rings is 1. The maximum absolute atomic E-state index is 9.19. The summed E-state index contributed by atoms with van der Waals surface area (Å²) in [5.41, 5.74) is 5.15. The minimum Gasteiger partial charge on any atom is -0.497 e. The van der Waals surface area contributed by atoms with E-state index in [1.165, 1.54) is 21.6 Å². The Labute approximate surface area is 148 Å². The fourth-order valence-corrected chi connectivity index (χ4v) is 4.59. The highest BCUT2D eigenvalue weighted by Crippen LogP contribution is 2.39. The third-order valence-electron chi connectivity index (χ3n) is 4.89. The second-order valence-corrected chi connectivity index (χ2v) is 7.69. The lowest BCUT2D eigenvalue weighted by molar-refractivity contribution is 0.300. The molecule has 2 aromatic rings. The first kappa shape index (κ1) is 17.2. The third kappa shape index (κ3) is 3.26. The molecule has 1 aliphatic rings. The highest BCUT2D eigenvalue weighted by molar-refractivity contribution is 7.11. The second-order valence-electron chi connectivity index (χ2n) is 6.57. The predicted molar refractivity (Wildman–Crippen MR) is 99.9 cm³/mol. The predicted octanol–water partition coefficient (Wildman–Crippen LogP) is 4.37. The van der Waals surface area contributed by atoms with Crippen LogP contribution >= 0.6 is 11.3 Å². The molecular weight excluding hydrogens is 318 g/mol. The molecule has 0 aliphatic heterocycles. The molecule has 1 aromatic carbocycles. The van der Waals surface area contributed by atoms with E-state index in [9.17, 15) is 5.11 Å².